The molecule has 190 valence electrons. The molecule has 1 aliphatic carbocycles. The topological polar surface area (TPSA) is 17.8 Å². The van der Waals surface area contributed by atoms with Gasteiger partial charge in [-0.05, 0) is 87.0 Å². The van der Waals surface area contributed by atoms with Gasteiger partial charge >= 0.3 is 0 Å². The zero-order valence-electron chi connectivity index (χ0n) is 22.6. The van der Waals surface area contributed by atoms with Gasteiger partial charge in [-0.3, -0.25) is 4.98 Å². The molecule has 0 amide bonds. The van der Waals surface area contributed by atoms with Gasteiger partial charge in [0.2, 0.25) is 0 Å². The van der Waals surface area contributed by atoms with Crippen LogP contribution in [0.3, 0.4) is 0 Å². The van der Waals surface area contributed by atoms with E-state index in [2.05, 4.69) is 139 Å². The molecule has 0 saturated carbocycles. The van der Waals surface area contributed by atoms with E-state index in [1.54, 1.807) is 0 Å². The summed E-state index contributed by atoms with van der Waals surface area (Å²) < 4.78 is 2.31. The molecular weight excluding hydrogens is 484 g/mol. The van der Waals surface area contributed by atoms with E-state index in [4.69, 9.17) is 0 Å². The van der Waals surface area contributed by atoms with Gasteiger partial charge in [0.25, 0.3) is 0 Å². The van der Waals surface area contributed by atoms with Crippen molar-refractivity contribution in [3.63, 3.8) is 0 Å². The predicted octanol–water partition coefficient (Wildman–Crippen LogP) is 9.82. The molecule has 2 heteroatoms. The van der Waals surface area contributed by atoms with Crippen molar-refractivity contribution in [3.8, 4) is 39.1 Å². The Labute approximate surface area is 234 Å². The third kappa shape index (κ3) is 3.32. The molecule has 1 aliphatic rings. The Morgan fingerprint density at radius 1 is 0.525 bits per heavy atom. The van der Waals surface area contributed by atoms with E-state index in [0.717, 1.165) is 5.69 Å². The minimum atomic E-state index is -0.00688. The summed E-state index contributed by atoms with van der Waals surface area (Å²) in [4.78, 5) is 4.38. The van der Waals surface area contributed by atoms with E-state index < -0.39 is 0 Å². The van der Waals surface area contributed by atoms with Gasteiger partial charge in [-0.15, -0.1) is 0 Å². The highest BCUT2D eigenvalue weighted by Gasteiger charge is 2.35. The molecule has 0 N–H and O–H groups in total. The minimum Gasteiger partial charge on any atom is -0.308 e. The Bertz CT molecular complexity index is 2080. The van der Waals surface area contributed by atoms with E-state index in [1.807, 2.05) is 18.5 Å². The van der Waals surface area contributed by atoms with Crippen LogP contribution >= 0.6 is 0 Å². The van der Waals surface area contributed by atoms with E-state index in [0.29, 0.717) is 0 Å². The van der Waals surface area contributed by atoms with Gasteiger partial charge in [0.1, 0.15) is 0 Å². The molecule has 0 radical (unpaired) electrons. The first-order valence-electron chi connectivity index (χ1n) is 13.9. The highest BCUT2D eigenvalue weighted by atomic mass is 15.0. The van der Waals surface area contributed by atoms with Gasteiger partial charge in [-0.1, -0.05) is 92.7 Å². The molecule has 2 heterocycles. The average molecular weight is 513 g/mol. The van der Waals surface area contributed by atoms with Crippen LogP contribution in [0.5, 0.6) is 0 Å². The Kier molecular flexibility index (Phi) is 4.90. The van der Waals surface area contributed by atoms with E-state index >= 15 is 0 Å². The van der Waals surface area contributed by atoms with Gasteiger partial charge in [-0.25, -0.2) is 0 Å². The SMILES string of the molecule is CC1(C)c2ccccc2-c2ccc(-c3cccc(-c4ccc5c(c4)c4ccccc4n5-c4cccnc4)c3)cc21. The molecule has 7 aromatic rings. The molecule has 2 aromatic heterocycles. The lowest BCUT2D eigenvalue weighted by molar-refractivity contribution is 0.660. The third-order valence-electron chi connectivity index (χ3n) is 8.69. The third-order valence-corrected chi connectivity index (χ3v) is 8.69. The van der Waals surface area contributed by atoms with Crippen molar-refractivity contribution in [1.29, 1.82) is 0 Å². The smallest absolute Gasteiger partial charge is 0.0645 e. The summed E-state index contributed by atoms with van der Waals surface area (Å²) in [7, 11) is 0. The second-order valence-electron chi connectivity index (χ2n) is 11.3. The van der Waals surface area contributed by atoms with Crippen LogP contribution in [0.1, 0.15) is 25.0 Å². The molecule has 40 heavy (non-hydrogen) atoms. The first-order valence-corrected chi connectivity index (χ1v) is 13.9. The molecular formula is C38H28N2. The predicted molar refractivity (Wildman–Crippen MR) is 167 cm³/mol. The van der Waals surface area contributed by atoms with Crippen LogP contribution < -0.4 is 0 Å². The van der Waals surface area contributed by atoms with E-state index in [9.17, 15) is 0 Å². The standard InChI is InChI=1S/C38H28N2/c1-38(2)34-14-5-3-12-30(34)31-18-16-28(23-35(31)38)26-10-7-9-25(21-26)27-17-19-37-33(22-27)32-13-4-6-15-36(32)40(37)29-11-8-20-39-24-29/h3-24H,1-2H3. The van der Waals surface area contributed by atoms with Crippen molar-refractivity contribution >= 4 is 21.8 Å². The number of hydrogen-bond donors (Lipinski definition) is 0. The zero-order chi connectivity index (χ0) is 26.8. The lowest BCUT2D eigenvalue weighted by Gasteiger charge is -2.22. The van der Waals surface area contributed by atoms with Crippen molar-refractivity contribution in [3.05, 3.63) is 145 Å². The number of hydrogen-bond acceptors (Lipinski definition) is 1. The van der Waals surface area contributed by atoms with Gasteiger partial charge in [0.05, 0.1) is 22.9 Å². The second kappa shape index (κ2) is 8.53. The zero-order valence-corrected chi connectivity index (χ0v) is 22.6. The Morgan fingerprint density at radius 3 is 2.08 bits per heavy atom. The summed E-state index contributed by atoms with van der Waals surface area (Å²) in [5.74, 6) is 0. The first kappa shape index (κ1) is 23.0. The van der Waals surface area contributed by atoms with Crippen molar-refractivity contribution in [2.24, 2.45) is 0 Å². The normalized spacial score (nSPS) is 13.4. The lowest BCUT2D eigenvalue weighted by Crippen LogP contribution is -2.14. The summed E-state index contributed by atoms with van der Waals surface area (Å²) in [5, 5.41) is 2.50. The molecule has 5 aromatic carbocycles. The molecule has 0 fully saturated rings. The quantitative estimate of drug-likeness (QED) is 0.230. The summed E-state index contributed by atoms with van der Waals surface area (Å²) in [5.41, 5.74) is 13.9. The summed E-state index contributed by atoms with van der Waals surface area (Å²) in [6.45, 7) is 4.68. The van der Waals surface area contributed by atoms with Crippen LogP contribution in [-0.2, 0) is 5.41 Å². The molecule has 0 saturated heterocycles. The Balaban J connectivity index is 1.24. The Hall–Kier alpha value is -4.95. The number of rotatable bonds is 3. The number of pyridine rings is 1. The minimum absolute atomic E-state index is 0.00688. The van der Waals surface area contributed by atoms with Crippen LogP contribution in [0.25, 0.3) is 60.9 Å². The van der Waals surface area contributed by atoms with Crippen molar-refractivity contribution in [2.75, 3.05) is 0 Å². The van der Waals surface area contributed by atoms with Crippen LogP contribution in [0.4, 0.5) is 0 Å². The molecule has 0 aliphatic heterocycles. The lowest BCUT2D eigenvalue weighted by atomic mass is 9.81. The average Bonchev–Trinajstić information content (AvgIpc) is 3.46. The maximum absolute atomic E-state index is 4.38. The molecule has 8 rings (SSSR count). The first-order chi connectivity index (χ1) is 19.6. The molecule has 0 spiro atoms. The van der Waals surface area contributed by atoms with Crippen LogP contribution in [0.15, 0.2) is 134 Å². The number of para-hydroxylation sites is 1. The summed E-state index contributed by atoms with van der Waals surface area (Å²) in [6, 6.07) is 44.4. The van der Waals surface area contributed by atoms with Crippen molar-refractivity contribution < 1.29 is 0 Å². The number of benzene rings is 5. The summed E-state index contributed by atoms with van der Waals surface area (Å²) in [6.07, 6.45) is 3.75. The maximum Gasteiger partial charge on any atom is 0.0645 e. The molecule has 0 atom stereocenters. The van der Waals surface area contributed by atoms with Gasteiger partial charge < -0.3 is 4.57 Å². The van der Waals surface area contributed by atoms with Gasteiger partial charge in [0, 0.05) is 22.4 Å². The van der Waals surface area contributed by atoms with Crippen molar-refractivity contribution in [2.45, 2.75) is 19.3 Å². The molecule has 0 bridgehead atoms. The van der Waals surface area contributed by atoms with Crippen LogP contribution in [0.2, 0.25) is 0 Å². The molecule has 2 nitrogen and oxygen atoms in total. The fraction of sp³-hybridized carbons (Fsp3) is 0.0789. The number of nitrogens with zero attached hydrogens (tertiary/aromatic N) is 2. The number of aromatic nitrogens is 2. The van der Waals surface area contributed by atoms with Gasteiger partial charge in [-0.2, -0.15) is 0 Å². The molecule has 0 unspecified atom stereocenters. The van der Waals surface area contributed by atoms with Gasteiger partial charge in [0.15, 0.2) is 0 Å². The fourth-order valence-corrected chi connectivity index (χ4v) is 6.68. The van der Waals surface area contributed by atoms with E-state index in [1.165, 1.54) is 66.3 Å². The van der Waals surface area contributed by atoms with Crippen molar-refractivity contribution in [1.82, 2.24) is 9.55 Å². The Morgan fingerprint density at radius 2 is 1.23 bits per heavy atom. The highest BCUT2D eigenvalue weighted by molar-refractivity contribution is 6.10. The summed E-state index contributed by atoms with van der Waals surface area (Å²) >= 11 is 0. The fourth-order valence-electron chi connectivity index (χ4n) is 6.68. The van der Waals surface area contributed by atoms with Crippen LogP contribution in [-0.4, -0.2) is 9.55 Å². The van der Waals surface area contributed by atoms with E-state index in [-0.39, 0.29) is 5.41 Å². The highest BCUT2D eigenvalue weighted by Crippen LogP contribution is 2.49. The number of fused-ring (bicyclic) bond motifs is 6. The second-order valence-corrected chi connectivity index (χ2v) is 11.3. The maximum atomic E-state index is 4.38. The van der Waals surface area contributed by atoms with Crippen LogP contribution in [0, 0.1) is 0 Å². The largest absolute Gasteiger partial charge is 0.308 e. The monoisotopic (exact) mass is 512 g/mol.